The highest BCUT2D eigenvalue weighted by molar-refractivity contribution is 14.0. The Hall–Kier alpha value is -1.02. The van der Waals surface area contributed by atoms with E-state index in [1.807, 2.05) is 0 Å². The van der Waals surface area contributed by atoms with Gasteiger partial charge in [-0.3, -0.25) is 4.99 Å². The van der Waals surface area contributed by atoms with Gasteiger partial charge in [0.2, 0.25) is 0 Å². The van der Waals surface area contributed by atoms with Crippen molar-refractivity contribution in [3.63, 3.8) is 0 Å². The second-order valence-corrected chi connectivity index (χ2v) is 7.19. The van der Waals surface area contributed by atoms with Crippen LogP contribution in [0.1, 0.15) is 31.7 Å². The summed E-state index contributed by atoms with van der Waals surface area (Å²) in [4.78, 5) is 7.10. The molecule has 1 aromatic rings. The minimum absolute atomic E-state index is 0. The molecule has 1 heterocycles. The number of nitrogens with zero attached hydrogens (tertiary/aromatic N) is 2. The van der Waals surface area contributed by atoms with Crippen molar-refractivity contribution >= 4 is 35.6 Å². The fourth-order valence-corrected chi connectivity index (χ4v) is 3.14. The Labute approximate surface area is 175 Å². The molecule has 0 bridgehead atoms. The third-order valence-electron chi connectivity index (χ3n) is 4.83. The maximum absolute atomic E-state index is 5.67. The fourth-order valence-electron chi connectivity index (χ4n) is 3.14. The molecule has 1 saturated carbocycles. The summed E-state index contributed by atoms with van der Waals surface area (Å²) in [5.41, 5.74) is 2.62. The van der Waals surface area contributed by atoms with Gasteiger partial charge in [-0.15, -0.1) is 24.0 Å². The van der Waals surface area contributed by atoms with Gasteiger partial charge in [0.25, 0.3) is 0 Å². The summed E-state index contributed by atoms with van der Waals surface area (Å²) in [5, 5.41) is 6.93. The first kappa shape index (κ1) is 21.3. The van der Waals surface area contributed by atoms with Gasteiger partial charge in [0.1, 0.15) is 0 Å². The highest BCUT2D eigenvalue weighted by Gasteiger charge is 2.23. The number of hydrogen-bond donors (Lipinski definition) is 2. The molecule has 26 heavy (non-hydrogen) atoms. The van der Waals surface area contributed by atoms with Gasteiger partial charge in [-0.1, -0.05) is 17.7 Å². The third kappa shape index (κ3) is 6.95. The van der Waals surface area contributed by atoms with Gasteiger partial charge < -0.3 is 20.3 Å². The van der Waals surface area contributed by atoms with E-state index in [-0.39, 0.29) is 24.0 Å². The maximum Gasteiger partial charge on any atom is 0.191 e. The molecular weight excluding hydrogens is 439 g/mol. The molecule has 5 nitrogen and oxygen atoms in total. The molecule has 146 valence electrons. The van der Waals surface area contributed by atoms with Crippen LogP contribution in [0.2, 0.25) is 0 Å². The first-order chi connectivity index (χ1) is 12.2. The highest BCUT2D eigenvalue weighted by Crippen LogP contribution is 2.28. The van der Waals surface area contributed by atoms with Crippen molar-refractivity contribution < 1.29 is 4.74 Å². The molecule has 3 rings (SSSR count). The van der Waals surface area contributed by atoms with Crippen molar-refractivity contribution in [1.29, 1.82) is 0 Å². The van der Waals surface area contributed by atoms with Crippen molar-refractivity contribution in [2.45, 2.75) is 39.2 Å². The van der Waals surface area contributed by atoms with E-state index in [1.54, 1.807) is 0 Å². The van der Waals surface area contributed by atoms with E-state index in [0.29, 0.717) is 12.6 Å². The Bertz CT molecular complexity index is 559. The SMILES string of the molecule is CCNC(=NCCOCC1CC1)NC1CCN(c2ccc(C)cc2)C1.I. The Balaban J connectivity index is 0.00000243. The minimum atomic E-state index is 0. The molecule has 1 unspecified atom stereocenters. The van der Waals surface area contributed by atoms with Gasteiger partial charge >= 0.3 is 0 Å². The van der Waals surface area contributed by atoms with Crippen molar-refractivity contribution in [1.82, 2.24) is 10.6 Å². The first-order valence-corrected chi connectivity index (χ1v) is 9.69. The molecule has 1 aliphatic heterocycles. The Morgan fingerprint density at radius 3 is 2.69 bits per heavy atom. The normalized spacial score (nSPS) is 20.0. The average molecular weight is 472 g/mol. The largest absolute Gasteiger partial charge is 0.379 e. The smallest absolute Gasteiger partial charge is 0.191 e. The Kier molecular flexibility index (Phi) is 8.98. The van der Waals surface area contributed by atoms with Crippen molar-refractivity contribution in [3.05, 3.63) is 29.8 Å². The second kappa shape index (κ2) is 11.0. The molecule has 1 aliphatic carbocycles. The van der Waals surface area contributed by atoms with Crippen LogP contribution < -0.4 is 15.5 Å². The number of hydrogen-bond acceptors (Lipinski definition) is 3. The van der Waals surface area contributed by atoms with Gasteiger partial charge in [0, 0.05) is 38.0 Å². The molecular formula is C20H33IN4O. The lowest BCUT2D eigenvalue weighted by atomic mass is 10.2. The molecule has 2 aliphatic rings. The molecule has 1 atom stereocenters. The predicted molar refractivity (Wildman–Crippen MR) is 120 cm³/mol. The predicted octanol–water partition coefficient (Wildman–Crippen LogP) is 3.17. The van der Waals surface area contributed by atoms with Crippen LogP contribution >= 0.6 is 24.0 Å². The molecule has 1 aromatic carbocycles. The molecule has 1 saturated heterocycles. The third-order valence-corrected chi connectivity index (χ3v) is 4.83. The van der Waals surface area contributed by atoms with Crippen molar-refractivity contribution in [2.24, 2.45) is 10.9 Å². The van der Waals surface area contributed by atoms with E-state index in [1.165, 1.54) is 24.1 Å². The zero-order valence-corrected chi connectivity index (χ0v) is 18.4. The van der Waals surface area contributed by atoms with E-state index in [0.717, 1.165) is 51.1 Å². The number of anilines is 1. The lowest BCUT2D eigenvalue weighted by Crippen LogP contribution is -2.44. The molecule has 0 amide bonds. The van der Waals surface area contributed by atoms with Crippen LogP contribution in [-0.2, 0) is 4.74 Å². The zero-order valence-electron chi connectivity index (χ0n) is 16.0. The lowest BCUT2D eigenvalue weighted by Gasteiger charge is -2.20. The van der Waals surface area contributed by atoms with Gasteiger partial charge in [-0.05, 0) is 51.2 Å². The molecule has 2 N–H and O–H groups in total. The second-order valence-electron chi connectivity index (χ2n) is 7.19. The number of halogens is 1. The number of nitrogens with one attached hydrogen (secondary N) is 2. The number of ether oxygens (including phenoxy) is 1. The Morgan fingerprint density at radius 1 is 1.23 bits per heavy atom. The summed E-state index contributed by atoms with van der Waals surface area (Å²) in [6, 6.07) is 9.24. The van der Waals surface area contributed by atoms with Crippen LogP contribution in [0.3, 0.4) is 0 Å². The van der Waals surface area contributed by atoms with E-state index >= 15 is 0 Å². The monoisotopic (exact) mass is 472 g/mol. The zero-order chi connectivity index (χ0) is 17.5. The van der Waals surface area contributed by atoms with Crippen LogP contribution in [-0.4, -0.2) is 51.4 Å². The summed E-state index contributed by atoms with van der Waals surface area (Å²) in [6.07, 6.45) is 3.82. The molecule has 0 spiro atoms. The fraction of sp³-hybridized carbons (Fsp3) is 0.650. The lowest BCUT2D eigenvalue weighted by molar-refractivity contribution is 0.131. The van der Waals surface area contributed by atoms with E-state index in [4.69, 9.17) is 4.74 Å². The van der Waals surface area contributed by atoms with Crippen LogP contribution in [0.4, 0.5) is 5.69 Å². The van der Waals surface area contributed by atoms with Crippen LogP contribution in [0.5, 0.6) is 0 Å². The minimum Gasteiger partial charge on any atom is -0.379 e. The first-order valence-electron chi connectivity index (χ1n) is 9.69. The standard InChI is InChI=1S/C20H32N4O.HI/c1-3-21-20(22-11-13-25-15-17-6-7-17)23-18-10-12-24(14-18)19-8-4-16(2)5-9-19;/h4-5,8-9,17-18H,3,6-7,10-15H2,1-2H3,(H2,21,22,23);1H. The van der Waals surface area contributed by atoms with Gasteiger partial charge in [0.15, 0.2) is 5.96 Å². The molecule has 2 fully saturated rings. The van der Waals surface area contributed by atoms with Gasteiger partial charge in [-0.25, -0.2) is 0 Å². The van der Waals surface area contributed by atoms with E-state index in [2.05, 4.69) is 58.6 Å². The van der Waals surface area contributed by atoms with Crippen LogP contribution in [0, 0.1) is 12.8 Å². The molecule has 0 radical (unpaired) electrons. The number of rotatable bonds is 8. The maximum atomic E-state index is 5.67. The van der Waals surface area contributed by atoms with Crippen molar-refractivity contribution in [2.75, 3.05) is 44.3 Å². The number of benzene rings is 1. The highest BCUT2D eigenvalue weighted by atomic mass is 127. The quantitative estimate of drug-likeness (QED) is 0.264. The molecule has 6 heteroatoms. The average Bonchev–Trinajstić information content (AvgIpc) is 3.32. The summed E-state index contributed by atoms with van der Waals surface area (Å²) >= 11 is 0. The summed E-state index contributed by atoms with van der Waals surface area (Å²) < 4.78 is 5.67. The van der Waals surface area contributed by atoms with Gasteiger partial charge in [-0.2, -0.15) is 0 Å². The number of aliphatic imine (C=N–C) groups is 1. The Morgan fingerprint density at radius 2 is 2.00 bits per heavy atom. The number of aryl methyl sites for hydroxylation is 1. The summed E-state index contributed by atoms with van der Waals surface area (Å²) in [5.74, 6) is 1.73. The van der Waals surface area contributed by atoms with Crippen LogP contribution in [0.15, 0.2) is 29.3 Å². The van der Waals surface area contributed by atoms with Crippen molar-refractivity contribution in [3.8, 4) is 0 Å². The topological polar surface area (TPSA) is 48.9 Å². The summed E-state index contributed by atoms with van der Waals surface area (Å²) in [7, 11) is 0. The van der Waals surface area contributed by atoms with E-state index in [9.17, 15) is 0 Å². The van der Waals surface area contributed by atoms with Crippen LogP contribution in [0.25, 0.3) is 0 Å². The summed E-state index contributed by atoms with van der Waals surface area (Å²) in [6.45, 7) is 9.57. The van der Waals surface area contributed by atoms with E-state index < -0.39 is 0 Å². The number of guanidine groups is 1. The molecule has 0 aromatic heterocycles. The van der Waals surface area contributed by atoms with Gasteiger partial charge in [0.05, 0.1) is 13.2 Å².